The molecule has 0 saturated carbocycles. The van der Waals surface area contributed by atoms with E-state index in [0.717, 1.165) is 32.0 Å². The fraction of sp³-hybridized carbons (Fsp3) is 0.533. The van der Waals surface area contributed by atoms with Crippen molar-refractivity contribution in [1.82, 2.24) is 10.6 Å². The fourth-order valence-electron chi connectivity index (χ4n) is 2.03. The van der Waals surface area contributed by atoms with E-state index in [9.17, 15) is 0 Å². The first-order valence-corrected chi connectivity index (χ1v) is 6.76. The van der Waals surface area contributed by atoms with Gasteiger partial charge in [-0.15, -0.1) is 0 Å². The SMILES string of the molecule is CCNC(=NCCc1c(C)cccc1C)NCC. The van der Waals surface area contributed by atoms with Crippen LogP contribution in [-0.2, 0) is 6.42 Å². The molecule has 0 spiro atoms. The molecule has 0 radical (unpaired) electrons. The summed E-state index contributed by atoms with van der Waals surface area (Å²) < 4.78 is 0. The lowest BCUT2D eigenvalue weighted by atomic mass is 10.0. The second-order valence-electron chi connectivity index (χ2n) is 4.41. The van der Waals surface area contributed by atoms with Crippen LogP contribution in [0.25, 0.3) is 0 Å². The molecule has 1 aromatic carbocycles. The first-order valence-electron chi connectivity index (χ1n) is 6.76. The summed E-state index contributed by atoms with van der Waals surface area (Å²) in [6, 6.07) is 6.45. The Morgan fingerprint density at radius 2 is 1.61 bits per heavy atom. The molecule has 0 heterocycles. The van der Waals surface area contributed by atoms with Gasteiger partial charge in [0.2, 0.25) is 0 Å². The van der Waals surface area contributed by atoms with Crippen molar-refractivity contribution in [1.29, 1.82) is 0 Å². The molecule has 18 heavy (non-hydrogen) atoms. The minimum atomic E-state index is 0.820. The number of aryl methyl sites for hydroxylation is 2. The Morgan fingerprint density at radius 1 is 1.06 bits per heavy atom. The lowest BCUT2D eigenvalue weighted by Gasteiger charge is -2.11. The van der Waals surface area contributed by atoms with Crippen molar-refractivity contribution in [2.75, 3.05) is 19.6 Å². The van der Waals surface area contributed by atoms with Gasteiger partial charge in [0.1, 0.15) is 0 Å². The molecule has 0 unspecified atom stereocenters. The van der Waals surface area contributed by atoms with Gasteiger partial charge >= 0.3 is 0 Å². The molecule has 0 fully saturated rings. The molecule has 3 heteroatoms. The molecule has 0 aliphatic carbocycles. The Balaban J connectivity index is 2.61. The van der Waals surface area contributed by atoms with E-state index >= 15 is 0 Å². The highest BCUT2D eigenvalue weighted by molar-refractivity contribution is 5.79. The molecule has 1 rings (SSSR count). The summed E-state index contributed by atoms with van der Waals surface area (Å²) in [4.78, 5) is 4.58. The van der Waals surface area contributed by atoms with Crippen LogP contribution in [0.4, 0.5) is 0 Å². The normalized spacial score (nSPS) is 10.0. The topological polar surface area (TPSA) is 36.4 Å². The summed E-state index contributed by atoms with van der Waals surface area (Å²) in [6.07, 6.45) is 0.999. The molecule has 1 aromatic rings. The van der Waals surface area contributed by atoms with Gasteiger partial charge in [0.15, 0.2) is 5.96 Å². The van der Waals surface area contributed by atoms with Gasteiger partial charge in [-0.25, -0.2) is 0 Å². The highest BCUT2D eigenvalue weighted by Crippen LogP contribution is 2.13. The smallest absolute Gasteiger partial charge is 0.191 e. The monoisotopic (exact) mass is 247 g/mol. The van der Waals surface area contributed by atoms with E-state index in [1.54, 1.807) is 0 Å². The predicted molar refractivity (Wildman–Crippen MR) is 79.3 cm³/mol. The molecule has 0 aliphatic rings. The number of hydrogen-bond donors (Lipinski definition) is 2. The second kappa shape index (κ2) is 7.75. The number of guanidine groups is 1. The summed E-state index contributed by atoms with van der Waals surface area (Å²) in [5.41, 5.74) is 4.14. The number of nitrogens with one attached hydrogen (secondary N) is 2. The average Bonchev–Trinajstić information content (AvgIpc) is 2.33. The first kappa shape index (κ1) is 14.6. The molecule has 0 atom stereocenters. The third kappa shape index (κ3) is 4.40. The molecular weight excluding hydrogens is 222 g/mol. The van der Waals surface area contributed by atoms with E-state index in [1.165, 1.54) is 16.7 Å². The molecule has 0 bridgehead atoms. The van der Waals surface area contributed by atoms with E-state index < -0.39 is 0 Å². The fourth-order valence-corrected chi connectivity index (χ4v) is 2.03. The van der Waals surface area contributed by atoms with Crippen LogP contribution in [0.3, 0.4) is 0 Å². The Hall–Kier alpha value is -1.51. The van der Waals surface area contributed by atoms with Crippen molar-refractivity contribution in [3.63, 3.8) is 0 Å². The molecular formula is C15H25N3. The van der Waals surface area contributed by atoms with Crippen LogP contribution in [0, 0.1) is 13.8 Å². The van der Waals surface area contributed by atoms with Crippen LogP contribution in [0.1, 0.15) is 30.5 Å². The molecule has 0 saturated heterocycles. The van der Waals surface area contributed by atoms with E-state index in [0.29, 0.717) is 0 Å². The molecule has 0 aromatic heterocycles. The summed E-state index contributed by atoms with van der Waals surface area (Å²) in [5, 5.41) is 6.48. The third-order valence-corrected chi connectivity index (χ3v) is 2.96. The quantitative estimate of drug-likeness (QED) is 0.619. The zero-order valence-electron chi connectivity index (χ0n) is 12.0. The lowest BCUT2D eigenvalue weighted by molar-refractivity contribution is 0.831. The summed E-state index contributed by atoms with van der Waals surface area (Å²) in [5.74, 6) is 0.909. The zero-order valence-corrected chi connectivity index (χ0v) is 12.0. The zero-order chi connectivity index (χ0) is 13.4. The van der Waals surface area contributed by atoms with Crippen LogP contribution in [0.15, 0.2) is 23.2 Å². The number of benzene rings is 1. The maximum atomic E-state index is 4.58. The minimum Gasteiger partial charge on any atom is -0.357 e. The van der Waals surface area contributed by atoms with E-state index in [1.807, 2.05) is 0 Å². The molecule has 2 N–H and O–H groups in total. The van der Waals surface area contributed by atoms with Gasteiger partial charge in [0, 0.05) is 19.6 Å². The Morgan fingerprint density at radius 3 is 2.11 bits per heavy atom. The van der Waals surface area contributed by atoms with Crippen molar-refractivity contribution < 1.29 is 0 Å². The van der Waals surface area contributed by atoms with Crippen molar-refractivity contribution in [2.24, 2.45) is 4.99 Å². The van der Waals surface area contributed by atoms with E-state index in [2.05, 4.69) is 61.5 Å². The summed E-state index contributed by atoms with van der Waals surface area (Å²) >= 11 is 0. The summed E-state index contributed by atoms with van der Waals surface area (Å²) in [7, 11) is 0. The van der Waals surface area contributed by atoms with Crippen LogP contribution in [-0.4, -0.2) is 25.6 Å². The Kier molecular flexibility index (Phi) is 6.26. The largest absolute Gasteiger partial charge is 0.357 e. The van der Waals surface area contributed by atoms with Gasteiger partial charge < -0.3 is 10.6 Å². The van der Waals surface area contributed by atoms with Gasteiger partial charge in [-0.3, -0.25) is 4.99 Å². The second-order valence-corrected chi connectivity index (χ2v) is 4.41. The predicted octanol–water partition coefficient (Wildman–Crippen LogP) is 2.42. The number of rotatable bonds is 5. The molecule has 100 valence electrons. The van der Waals surface area contributed by atoms with E-state index in [4.69, 9.17) is 0 Å². The molecule has 0 amide bonds. The lowest BCUT2D eigenvalue weighted by Crippen LogP contribution is -2.37. The van der Waals surface area contributed by atoms with Gasteiger partial charge in [-0.1, -0.05) is 18.2 Å². The molecule has 3 nitrogen and oxygen atoms in total. The first-order chi connectivity index (χ1) is 8.69. The maximum absolute atomic E-state index is 4.58. The number of hydrogen-bond acceptors (Lipinski definition) is 1. The Bertz CT molecular complexity index is 368. The van der Waals surface area contributed by atoms with Crippen LogP contribution in [0.5, 0.6) is 0 Å². The van der Waals surface area contributed by atoms with Crippen LogP contribution >= 0.6 is 0 Å². The number of aliphatic imine (C=N–C) groups is 1. The summed E-state index contributed by atoms with van der Waals surface area (Å²) in [6.45, 7) is 11.1. The van der Waals surface area contributed by atoms with Gasteiger partial charge in [0.25, 0.3) is 0 Å². The average molecular weight is 247 g/mol. The molecule has 0 aliphatic heterocycles. The van der Waals surface area contributed by atoms with Crippen molar-refractivity contribution in [2.45, 2.75) is 34.1 Å². The van der Waals surface area contributed by atoms with Crippen molar-refractivity contribution >= 4 is 5.96 Å². The Labute approximate surface area is 111 Å². The van der Waals surface area contributed by atoms with Crippen molar-refractivity contribution in [3.05, 3.63) is 34.9 Å². The van der Waals surface area contributed by atoms with Gasteiger partial charge in [-0.05, 0) is 50.8 Å². The van der Waals surface area contributed by atoms with Gasteiger partial charge in [0.05, 0.1) is 0 Å². The van der Waals surface area contributed by atoms with Crippen LogP contribution in [0.2, 0.25) is 0 Å². The highest BCUT2D eigenvalue weighted by Gasteiger charge is 2.01. The van der Waals surface area contributed by atoms with E-state index in [-0.39, 0.29) is 0 Å². The van der Waals surface area contributed by atoms with Crippen LogP contribution < -0.4 is 10.6 Å². The standard InChI is InChI=1S/C15H25N3/c1-5-16-15(17-6-2)18-11-10-14-12(3)8-7-9-13(14)4/h7-9H,5-6,10-11H2,1-4H3,(H2,16,17,18). The minimum absolute atomic E-state index is 0.820. The van der Waals surface area contributed by atoms with Crippen molar-refractivity contribution in [3.8, 4) is 0 Å². The van der Waals surface area contributed by atoms with Gasteiger partial charge in [-0.2, -0.15) is 0 Å². The number of nitrogens with zero attached hydrogens (tertiary/aromatic N) is 1. The third-order valence-electron chi connectivity index (χ3n) is 2.96. The highest BCUT2D eigenvalue weighted by atomic mass is 15.2. The maximum Gasteiger partial charge on any atom is 0.191 e.